The smallest absolute Gasteiger partial charge is 0.230 e. The first kappa shape index (κ1) is 13.4. The fourth-order valence-electron chi connectivity index (χ4n) is 2.00. The van der Waals surface area contributed by atoms with Crippen LogP contribution >= 0.6 is 11.8 Å². The summed E-state index contributed by atoms with van der Waals surface area (Å²) < 4.78 is 0. The highest BCUT2D eigenvalue weighted by Crippen LogP contribution is 2.40. The third-order valence-electron chi connectivity index (χ3n) is 3.10. The zero-order valence-electron chi connectivity index (χ0n) is 11.0. The van der Waals surface area contributed by atoms with Gasteiger partial charge in [-0.1, -0.05) is 6.92 Å². The lowest BCUT2D eigenvalue weighted by Crippen LogP contribution is -2.31. The maximum atomic E-state index is 11.8. The minimum atomic E-state index is 0.106. The fraction of sp³-hybridized carbons (Fsp3) is 0.571. The Labute approximate surface area is 113 Å². The monoisotopic (exact) mass is 264 g/mol. The Morgan fingerprint density at radius 2 is 2.39 bits per heavy atom. The van der Waals surface area contributed by atoms with Crippen LogP contribution in [-0.2, 0) is 4.79 Å². The van der Waals surface area contributed by atoms with Gasteiger partial charge in [0.1, 0.15) is 0 Å². The van der Waals surface area contributed by atoms with Gasteiger partial charge in [-0.3, -0.25) is 9.78 Å². The number of aromatic nitrogens is 1. The van der Waals surface area contributed by atoms with Gasteiger partial charge in [-0.05, 0) is 49.1 Å². The third-order valence-corrected chi connectivity index (χ3v) is 3.98. The van der Waals surface area contributed by atoms with E-state index in [9.17, 15) is 4.79 Å². The number of amides is 1. The number of hydrogen-bond donors (Lipinski definition) is 1. The van der Waals surface area contributed by atoms with Crippen LogP contribution in [0.1, 0.15) is 37.1 Å². The molecule has 1 aliphatic rings. The number of carbonyl (C=O) groups excluding carboxylic acids is 1. The van der Waals surface area contributed by atoms with Crippen molar-refractivity contribution in [1.29, 1.82) is 0 Å². The largest absolute Gasteiger partial charge is 0.347 e. The SMILES string of the molecule is CCSCC(=O)N[C@H](c1cc(C)ccn1)C1CC1. The predicted octanol–water partition coefficient (Wildman–Crippen LogP) is 2.71. The fourth-order valence-corrected chi connectivity index (χ4v) is 2.48. The van der Waals surface area contributed by atoms with Gasteiger partial charge in [0.15, 0.2) is 0 Å². The summed E-state index contributed by atoms with van der Waals surface area (Å²) in [6.07, 6.45) is 4.22. The Kier molecular flexibility index (Phi) is 4.64. The molecule has 18 heavy (non-hydrogen) atoms. The molecule has 1 saturated carbocycles. The molecule has 4 heteroatoms. The Bertz CT molecular complexity index is 418. The molecule has 0 bridgehead atoms. The Morgan fingerprint density at radius 1 is 1.61 bits per heavy atom. The molecule has 0 saturated heterocycles. The Balaban J connectivity index is 2.02. The van der Waals surface area contributed by atoms with E-state index in [0.717, 1.165) is 11.4 Å². The normalized spacial score (nSPS) is 16.3. The Morgan fingerprint density at radius 3 is 3.00 bits per heavy atom. The van der Waals surface area contributed by atoms with Crippen LogP contribution in [0.2, 0.25) is 0 Å². The van der Waals surface area contributed by atoms with Crippen molar-refractivity contribution in [3.63, 3.8) is 0 Å². The van der Waals surface area contributed by atoms with Gasteiger partial charge in [0.2, 0.25) is 5.91 Å². The van der Waals surface area contributed by atoms with Gasteiger partial charge in [0.25, 0.3) is 0 Å². The quantitative estimate of drug-likeness (QED) is 0.859. The van der Waals surface area contributed by atoms with Crippen molar-refractivity contribution < 1.29 is 4.79 Å². The van der Waals surface area contributed by atoms with E-state index in [-0.39, 0.29) is 11.9 Å². The van der Waals surface area contributed by atoms with E-state index < -0.39 is 0 Å². The number of nitrogens with zero attached hydrogens (tertiary/aromatic N) is 1. The van der Waals surface area contributed by atoms with E-state index in [1.165, 1.54) is 18.4 Å². The van der Waals surface area contributed by atoms with Gasteiger partial charge in [0.05, 0.1) is 17.5 Å². The highest BCUT2D eigenvalue weighted by molar-refractivity contribution is 7.99. The highest BCUT2D eigenvalue weighted by atomic mass is 32.2. The standard InChI is InChI=1S/C14H20N2OS/c1-3-18-9-13(17)16-14(11-4-5-11)12-8-10(2)6-7-15-12/h6-8,11,14H,3-5,9H2,1-2H3,(H,16,17)/t14-/m0/s1. The van der Waals surface area contributed by atoms with Crippen LogP contribution in [0.5, 0.6) is 0 Å². The summed E-state index contributed by atoms with van der Waals surface area (Å²) >= 11 is 1.66. The minimum absolute atomic E-state index is 0.106. The molecule has 1 heterocycles. The molecule has 98 valence electrons. The molecule has 1 amide bonds. The number of hydrogen-bond acceptors (Lipinski definition) is 3. The first-order chi connectivity index (χ1) is 8.70. The molecule has 1 aromatic rings. The average Bonchev–Trinajstić information content (AvgIpc) is 3.17. The minimum Gasteiger partial charge on any atom is -0.347 e. The van der Waals surface area contributed by atoms with Crippen molar-refractivity contribution in [2.24, 2.45) is 5.92 Å². The second kappa shape index (κ2) is 6.23. The van der Waals surface area contributed by atoms with Crippen molar-refractivity contribution in [2.45, 2.75) is 32.7 Å². The molecule has 0 unspecified atom stereocenters. The van der Waals surface area contributed by atoms with E-state index in [0.29, 0.717) is 11.7 Å². The van der Waals surface area contributed by atoms with Crippen LogP contribution in [0.3, 0.4) is 0 Å². The molecule has 0 radical (unpaired) electrons. The van der Waals surface area contributed by atoms with Gasteiger partial charge < -0.3 is 5.32 Å². The van der Waals surface area contributed by atoms with Crippen LogP contribution in [0.25, 0.3) is 0 Å². The van der Waals surface area contributed by atoms with E-state index in [4.69, 9.17) is 0 Å². The molecule has 1 aliphatic carbocycles. The van der Waals surface area contributed by atoms with E-state index in [2.05, 4.69) is 30.2 Å². The van der Waals surface area contributed by atoms with Gasteiger partial charge in [-0.25, -0.2) is 0 Å². The van der Waals surface area contributed by atoms with Gasteiger partial charge in [-0.15, -0.1) is 0 Å². The predicted molar refractivity (Wildman–Crippen MR) is 75.6 cm³/mol. The van der Waals surface area contributed by atoms with Crippen LogP contribution < -0.4 is 5.32 Å². The lowest BCUT2D eigenvalue weighted by molar-refractivity contribution is -0.119. The molecule has 1 fully saturated rings. The van der Waals surface area contributed by atoms with E-state index in [1.807, 2.05) is 12.3 Å². The molecule has 1 aromatic heterocycles. The summed E-state index contributed by atoms with van der Waals surface area (Å²) in [6, 6.07) is 4.17. The number of nitrogens with one attached hydrogen (secondary N) is 1. The molecular weight excluding hydrogens is 244 g/mol. The number of rotatable bonds is 6. The second-order valence-corrected chi connectivity index (χ2v) is 6.05. The number of pyridine rings is 1. The first-order valence-electron chi connectivity index (χ1n) is 6.50. The van der Waals surface area contributed by atoms with Crippen molar-refractivity contribution in [2.75, 3.05) is 11.5 Å². The lowest BCUT2D eigenvalue weighted by Gasteiger charge is -2.18. The van der Waals surface area contributed by atoms with Crippen LogP contribution in [0.4, 0.5) is 0 Å². The third kappa shape index (κ3) is 3.73. The average molecular weight is 264 g/mol. The summed E-state index contributed by atoms with van der Waals surface area (Å²) in [5, 5.41) is 3.14. The summed E-state index contributed by atoms with van der Waals surface area (Å²) in [6.45, 7) is 4.13. The van der Waals surface area contributed by atoms with Crippen LogP contribution in [0, 0.1) is 12.8 Å². The molecule has 3 nitrogen and oxygen atoms in total. The maximum absolute atomic E-state index is 11.8. The van der Waals surface area contributed by atoms with Crippen molar-refractivity contribution >= 4 is 17.7 Å². The summed E-state index contributed by atoms with van der Waals surface area (Å²) in [5.74, 6) is 2.23. The second-order valence-electron chi connectivity index (χ2n) is 4.78. The van der Waals surface area contributed by atoms with Crippen LogP contribution in [-0.4, -0.2) is 22.4 Å². The molecule has 0 aromatic carbocycles. The number of aryl methyl sites for hydroxylation is 1. The summed E-state index contributed by atoms with van der Waals surface area (Å²) in [4.78, 5) is 16.3. The van der Waals surface area contributed by atoms with Crippen LogP contribution in [0.15, 0.2) is 18.3 Å². The maximum Gasteiger partial charge on any atom is 0.230 e. The van der Waals surface area contributed by atoms with Crippen molar-refractivity contribution in [3.8, 4) is 0 Å². The van der Waals surface area contributed by atoms with Crippen molar-refractivity contribution in [1.82, 2.24) is 10.3 Å². The van der Waals surface area contributed by atoms with Gasteiger partial charge >= 0.3 is 0 Å². The number of thioether (sulfide) groups is 1. The first-order valence-corrected chi connectivity index (χ1v) is 7.66. The molecule has 0 spiro atoms. The summed E-state index contributed by atoms with van der Waals surface area (Å²) in [7, 11) is 0. The molecule has 0 aliphatic heterocycles. The van der Waals surface area contributed by atoms with Gasteiger partial charge in [0, 0.05) is 6.20 Å². The molecular formula is C14H20N2OS. The zero-order valence-corrected chi connectivity index (χ0v) is 11.8. The number of carbonyl (C=O) groups is 1. The Hall–Kier alpha value is -1.03. The lowest BCUT2D eigenvalue weighted by atomic mass is 10.1. The highest BCUT2D eigenvalue weighted by Gasteiger charge is 2.34. The van der Waals surface area contributed by atoms with Gasteiger partial charge in [-0.2, -0.15) is 11.8 Å². The molecule has 1 N–H and O–H groups in total. The van der Waals surface area contributed by atoms with E-state index in [1.54, 1.807) is 11.8 Å². The topological polar surface area (TPSA) is 42.0 Å². The van der Waals surface area contributed by atoms with E-state index >= 15 is 0 Å². The molecule has 2 rings (SSSR count). The zero-order chi connectivity index (χ0) is 13.0. The molecule has 1 atom stereocenters. The van der Waals surface area contributed by atoms with Crippen molar-refractivity contribution in [3.05, 3.63) is 29.6 Å². The summed E-state index contributed by atoms with van der Waals surface area (Å²) in [5.41, 5.74) is 2.20.